The number of H-pyrrole nitrogens is 1. The number of benzene rings is 1. The van der Waals surface area contributed by atoms with Gasteiger partial charge in [-0.25, -0.2) is 0 Å². The highest BCUT2D eigenvalue weighted by Gasteiger charge is 2.33. The second kappa shape index (κ2) is 8.71. The summed E-state index contributed by atoms with van der Waals surface area (Å²) in [5.74, 6) is -0.782. The van der Waals surface area contributed by atoms with Gasteiger partial charge in [0.15, 0.2) is 5.69 Å². The Morgan fingerprint density at radius 3 is 2.39 bits per heavy atom. The minimum absolute atomic E-state index is 0.162. The van der Waals surface area contributed by atoms with Crippen molar-refractivity contribution >= 4 is 29.3 Å². The maximum atomic E-state index is 12.7. The monoisotopic (exact) mass is 423 g/mol. The number of nitrogens with zero attached hydrogens (tertiary/aromatic N) is 4. The van der Waals surface area contributed by atoms with Crippen molar-refractivity contribution in [3.8, 4) is 0 Å². The SMILES string of the molecule is CN(C(=O)c1cc(C2CCN(C(=O)CN3C(=O)CCC3=O)CC2)[nH]n1)c1ccccc1. The second-order valence-corrected chi connectivity index (χ2v) is 7.94. The van der Waals surface area contributed by atoms with E-state index in [2.05, 4.69) is 10.2 Å². The molecule has 0 spiro atoms. The molecule has 162 valence electrons. The molecule has 1 N–H and O–H groups in total. The summed E-state index contributed by atoms with van der Waals surface area (Å²) in [7, 11) is 1.71. The number of amides is 4. The molecule has 3 heterocycles. The molecule has 0 radical (unpaired) electrons. The summed E-state index contributed by atoms with van der Waals surface area (Å²) < 4.78 is 0. The fraction of sp³-hybridized carbons (Fsp3) is 0.409. The standard InChI is InChI=1S/C22H25N5O4/c1-25(16-5-3-2-4-6-16)22(31)18-13-17(23-24-18)15-9-11-26(12-10-15)21(30)14-27-19(28)7-8-20(27)29/h2-6,13,15H,7-12,14H2,1H3,(H,23,24). The molecule has 2 saturated heterocycles. The zero-order valence-electron chi connectivity index (χ0n) is 17.4. The minimum Gasteiger partial charge on any atom is -0.341 e. The molecule has 31 heavy (non-hydrogen) atoms. The third kappa shape index (κ3) is 4.35. The Balaban J connectivity index is 1.33. The van der Waals surface area contributed by atoms with Crippen LogP contribution in [0.5, 0.6) is 0 Å². The molecule has 0 aliphatic carbocycles. The average Bonchev–Trinajstić information content (AvgIpc) is 3.41. The van der Waals surface area contributed by atoms with Gasteiger partial charge in [0.25, 0.3) is 5.91 Å². The third-order valence-corrected chi connectivity index (χ3v) is 6.00. The van der Waals surface area contributed by atoms with Crippen molar-refractivity contribution in [3.63, 3.8) is 0 Å². The van der Waals surface area contributed by atoms with Gasteiger partial charge in [0.05, 0.1) is 0 Å². The number of likely N-dealkylation sites (tertiary alicyclic amines) is 2. The van der Waals surface area contributed by atoms with Crippen LogP contribution in [0, 0.1) is 0 Å². The predicted molar refractivity (Wildman–Crippen MR) is 112 cm³/mol. The highest BCUT2D eigenvalue weighted by molar-refractivity contribution is 6.05. The Morgan fingerprint density at radius 1 is 1.10 bits per heavy atom. The number of rotatable bonds is 5. The van der Waals surface area contributed by atoms with Gasteiger partial charge >= 0.3 is 0 Å². The number of nitrogens with one attached hydrogen (secondary N) is 1. The highest BCUT2D eigenvalue weighted by atomic mass is 16.2. The first-order valence-electron chi connectivity index (χ1n) is 10.4. The molecule has 0 unspecified atom stereocenters. The lowest BCUT2D eigenvalue weighted by Crippen LogP contribution is -2.45. The van der Waals surface area contributed by atoms with Crippen molar-refractivity contribution in [1.82, 2.24) is 20.0 Å². The number of piperidine rings is 1. The Bertz CT molecular complexity index is 978. The summed E-state index contributed by atoms with van der Waals surface area (Å²) in [5.41, 5.74) is 2.02. The second-order valence-electron chi connectivity index (χ2n) is 7.94. The summed E-state index contributed by atoms with van der Waals surface area (Å²) >= 11 is 0. The van der Waals surface area contributed by atoms with Gasteiger partial charge in [0, 0.05) is 50.3 Å². The van der Waals surface area contributed by atoms with Gasteiger partial charge < -0.3 is 9.80 Å². The van der Waals surface area contributed by atoms with Gasteiger partial charge in [-0.2, -0.15) is 5.10 Å². The molecule has 4 rings (SSSR count). The van der Waals surface area contributed by atoms with E-state index < -0.39 is 0 Å². The van der Waals surface area contributed by atoms with E-state index >= 15 is 0 Å². The van der Waals surface area contributed by atoms with E-state index in [4.69, 9.17) is 0 Å². The van der Waals surface area contributed by atoms with Gasteiger partial charge in [-0.3, -0.25) is 29.2 Å². The van der Waals surface area contributed by atoms with Crippen LogP contribution in [0.15, 0.2) is 36.4 Å². The summed E-state index contributed by atoms with van der Waals surface area (Å²) in [5, 5.41) is 7.18. The van der Waals surface area contributed by atoms with Gasteiger partial charge in [-0.15, -0.1) is 0 Å². The molecule has 1 aromatic carbocycles. The van der Waals surface area contributed by atoms with E-state index in [1.165, 1.54) is 0 Å². The number of hydrogen-bond donors (Lipinski definition) is 1. The lowest BCUT2D eigenvalue weighted by molar-refractivity contribution is -0.145. The van der Waals surface area contributed by atoms with Gasteiger partial charge in [0.2, 0.25) is 17.7 Å². The summed E-state index contributed by atoms with van der Waals surface area (Å²) in [6.07, 6.45) is 1.82. The molecular formula is C22H25N5O4. The average molecular weight is 423 g/mol. The highest BCUT2D eigenvalue weighted by Crippen LogP contribution is 2.28. The lowest BCUT2D eigenvalue weighted by Gasteiger charge is -2.32. The van der Waals surface area contributed by atoms with Crippen molar-refractivity contribution < 1.29 is 19.2 Å². The van der Waals surface area contributed by atoms with E-state index in [-0.39, 0.29) is 48.9 Å². The van der Waals surface area contributed by atoms with Crippen LogP contribution >= 0.6 is 0 Å². The molecule has 2 aliphatic rings. The lowest BCUT2D eigenvalue weighted by atomic mass is 9.93. The predicted octanol–water partition coefficient (Wildman–Crippen LogP) is 1.54. The molecule has 9 nitrogen and oxygen atoms in total. The van der Waals surface area contributed by atoms with Crippen LogP contribution in [0.4, 0.5) is 5.69 Å². The van der Waals surface area contributed by atoms with Crippen LogP contribution in [0.3, 0.4) is 0 Å². The number of aromatic amines is 1. The van der Waals surface area contributed by atoms with Crippen LogP contribution in [0.25, 0.3) is 0 Å². The number of para-hydroxylation sites is 1. The van der Waals surface area contributed by atoms with Crippen molar-refractivity contribution in [2.75, 3.05) is 31.6 Å². The smallest absolute Gasteiger partial charge is 0.278 e. The van der Waals surface area contributed by atoms with E-state index in [1.54, 1.807) is 22.9 Å². The molecule has 0 bridgehead atoms. The van der Waals surface area contributed by atoms with E-state index in [0.29, 0.717) is 18.8 Å². The summed E-state index contributed by atoms with van der Waals surface area (Å²) in [6.45, 7) is 0.898. The molecule has 0 atom stereocenters. The Kier molecular flexibility index (Phi) is 5.83. The number of anilines is 1. The molecule has 2 fully saturated rings. The topological polar surface area (TPSA) is 107 Å². The minimum atomic E-state index is -0.275. The zero-order valence-corrected chi connectivity index (χ0v) is 17.4. The van der Waals surface area contributed by atoms with E-state index in [0.717, 1.165) is 29.1 Å². The van der Waals surface area contributed by atoms with Gasteiger partial charge in [-0.05, 0) is 31.0 Å². The first-order valence-corrected chi connectivity index (χ1v) is 10.4. The Hall–Kier alpha value is -3.49. The molecule has 9 heteroatoms. The summed E-state index contributed by atoms with van der Waals surface area (Å²) in [4.78, 5) is 53.0. The van der Waals surface area contributed by atoms with Crippen LogP contribution in [0.2, 0.25) is 0 Å². The first kappa shape index (κ1) is 20.8. The van der Waals surface area contributed by atoms with Crippen molar-refractivity contribution in [2.24, 2.45) is 0 Å². The van der Waals surface area contributed by atoms with E-state index in [9.17, 15) is 19.2 Å². The van der Waals surface area contributed by atoms with Crippen LogP contribution < -0.4 is 4.90 Å². The van der Waals surface area contributed by atoms with Crippen LogP contribution in [0.1, 0.15) is 47.8 Å². The number of aromatic nitrogens is 2. The normalized spacial score (nSPS) is 17.3. The fourth-order valence-electron chi connectivity index (χ4n) is 4.07. The Labute approximate surface area is 180 Å². The van der Waals surface area contributed by atoms with Crippen LogP contribution in [-0.4, -0.2) is 70.3 Å². The van der Waals surface area contributed by atoms with Crippen molar-refractivity contribution in [1.29, 1.82) is 0 Å². The van der Waals surface area contributed by atoms with Gasteiger partial charge in [-0.1, -0.05) is 18.2 Å². The molecule has 1 aromatic heterocycles. The number of hydrogen-bond acceptors (Lipinski definition) is 5. The maximum absolute atomic E-state index is 12.7. The molecule has 2 aromatic rings. The molecule has 0 saturated carbocycles. The maximum Gasteiger partial charge on any atom is 0.278 e. The molecule has 2 aliphatic heterocycles. The number of carbonyl (C=O) groups is 4. The fourth-order valence-corrected chi connectivity index (χ4v) is 4.07. The quantitative estimate of drug-likeness (QED) is 0.735. The molecule has 4 amide bonds. The van der Waals surface area contributed by atoms with Crippen molar-refractivity contribution in [3.05, 3.63) is 47.8 Å². The third-order valence-electron chi connectivity index (χ3n) is 6.00. The summed E-state index contributed by atoms with van der Waals surface area (Å²) in [6, 6.07) is 11.2. The van der Waals surface area contributed by atoms with Crippen molar-refractivity contribution in [2.45, 2.75) is 31.6 Å². The Morgan fingerprint density at radius 2 is 1.74 bits per heavy atom. The largest absolute Gasteiger partial charge is 0.341 e. The van der Waals surface area contributed by atoms with Gasteiger partial charge in [0.1, 0.15) is 6.54 Å². The zero-order chi connectivity index (χ0) is 22.0. The van der Waals surface area contributed by atoms with E-state index in [1.807, 2.05) is 30.3 Å². The number of carbonyl (C=O) groups excluding carboxylic acids is 4. The first-order chi connectivity index (χ1) is 14.9. The van der Waals surface area contributed by atoms with Crippen LogP contribution in [-0.2, 0) is 14.4 Å². The number of imide groups is 1. The molecular weight excluding hydrogens is 398 g/mol.